The third-order valence-corrected chi connectivity index (χ3v) is 6.44. The van der Waals surface area contributed by atoms with Crippen LogP contribution in [0, 0.1) is 5.92 Å². The number of carbonyl (C=O) groups is 2. The van der Waals surface area contributed by atoms with E-state index in [1.165, 1.54) is 0 Å². The van der Waals surface area contributed by atoms with Crippen LogP contribution in [-0.2, 0) is 9.59 Å². The molecule has 1 unspecified atom stereocenters. The minimum Gasteiger partial charge on any atom is -0.497 e. The van der Waals surface area contributed by atoms with Crippen LogP contribution in [0.15, 0.2) is 53.6 Å². The Morgan fingerprint density at radius 3 is 2.09 bits per heavy atom. The maximum Gasteiger partial charge on any atom is 0.257 e. The topological polar surface area (TPSA) is 97.5 Å². The Morgan fingerprint density at radius 2 is 1.55 bits per heavy atom. The summed E-state index contributed by atoms with van der Waals surface area (Å²) in [5.74, 6) is 1.13. The first-order valence-corrected chi connectivity index (χ1v) is 11.2. The van der Waals surface area contributed by atoms with E-state index >= 15 is 0 Å². The van der Waals surface area contributed by atoms with Gasteiger partial charge in [0, 0.05) is 12.3 Å². The number of benzene rings is 2. The number of rotatable bonds is 7. The molecule has 0 saturated carbocycles. The fourth-order valence-electron chi connectivity index (χ4n) is 4.42. The van der Waals surface area contributed by atoms with Gasteiger partial charge in [-0.25, -0.2) is 5.01 Å². The molecule has 2 aromatic rings. The Kier molecular flexibility index (Phi) is 6.93. The van der Waals surface area contributed by atoms with E-state index in [2.05, 4.69) is 4.90 Å². The van der Waals surface area contributed by atoms with Gasteiger partial charge in [0.25, 0.3) is 5.91 Å². The van der Waals surface area contributed by atoms with Crippen LogP contribution in [0.1, 0.15) is 36.4 Å². The molecule has 0 radical (unpaired) electrons. The smallest absolute Gasteiger partial charge is 0.257 e. The summed E-state index contributed by atoms with van der Waals surface area (Å²) >= 11 is 0. The van der Waals surface area contributed by atoms with Gasteiger partial charge in [0.05, 0.1) is 32.5 Å². The molecule has 2 aliphatic heterocycles. The van der Waals surface area contributed by atoms with E-state index in [9.17, 15) is 9.59 Å². The Labute approximate surface area is 193 Å². The molecule has 1 saturated heterocycles. The van der Waals surface area contributed by atoms with E-state index in [1.54, 1.807) is 19.2 Å². The molecular formula is C25H30N4O4. The predicted molar refractivity (Wildman–Crippen MR) is 125 cm³/mol. The van der Waals surface area contributed by atoms with Gasteiger partial charge >= 0.3 is 0 Å². The van der Waals surface area contributed by atoms with Crippen molar-refractivity contribution >= 4 is 17.5 Å². The second-order valence-corrected chi connectivity index (χ2v) is 8.46. The molecule has 0 bridgehead atoms. The van der Waals surface area contributed by atoms with E-state index in [1.807, 2.05) is 48.5 Å². The number of hydrogen-bond donors (Lipinski definition) is 1. The van der Waals surface area contributed by atoms with Crippen molar-refractivity contribution in [2.24, 2.45) is 16.8 Å². The third-order valence-electron chi connectivity index (χ3n) is 6.44. The lowest BCUT2D eigenvalue weighted by molar-refractivity contribution is -0.134. The van der Waals surface area contributed by atoms with Gasteiger partial charge in [0.1, 0.15) is 11.5 Å². The van der Waals surface area contributed by atoms with Crippen LogP contribution in [0.5, 0.6) is 11.5 Å². The molecular weight excluding hydrogens is 420 g/mol. The van der Waals surface area contributed by atoms with Gasteiger partial charge in [0.15, 0.2) is 0 Å². The summed E-state index contributed by atoms with van der Waals surface area (Å²) in [6.45, 7) is 1.61. The normalized spacial score (nSPS) is 19.3. The van der Waals surface area contributed by atoms with Gasteiger partial charge in [-0.05, 0) is 73.5 Å². The highest BCUT2D eigenvalue weighted by atomic mass is 16.5. The molecule has 174 valence electrons. The van der Waals surface area contributed by atoms with E-state index in [4.69, 9.17) is 20.3 Å². The van der Waals surface area contributed by atoms with Gasteiger partial charge in [-0.1, -0.05) is 12.1 Å². The monoisotopic (exact) mass is 450 g/mol. The Bertz CT molecular complexity index is 1010. The predicted octanol–water partition coefficient (Wildman–Crippen LogP) is 2.58. The van der Waals surface area contributed by atoms with Crippen LogP contribution in [0.25, 0.3) is 0 Å². The van der Waals surface area contributed by atoms with Crippen LogP contribution in [0.2, 0.25) is 0 Å². The number of carbonyl (C=O) groups excluding carboxylic acids is 2. The van der Waals surface area contributed by atoms with Gasteiger partial charge < -0.3 is 15.2 Å². The van der Waals surface area contributed by atoms with E-state index in [0.717, 1.165) is 28.3 Å². The summed E-state index contributed by atoms with van der Waals surface area (Å²) in [7, 11) is 3.27. The minimum absolute atomic E-state index is 0.0585. The summed E-state index contributed by atoms with van der Waals surface area (Å²) in [6, 6.07) is 15.3. The van der Waals surface area contributed by atoms with Gasteiger partial charge in [-0.15, -0.1) is 0 Å². The number of methoxy groups -OCH3 is 2. The second-order valence-electron chi connectivity index (χ2n) is 8.46. The minimum atomic E-state index is -0.256. The molecule has 2 amide bonds. The Balaban J connectivity index is 1.53. The molecule has 2 N–H and O–H groups in total. The van der Waals surface area contributed by atoms with Gasteiger partial charge in [0.2, 0.25) is 5.91 Å². The van der Waals surface area contributed by atoms with Crippen LogP contribution < -0.4 is 15.2 Å². The zero-order chi connectivity index (χ0) is 23.4. The summed E-state index contributed by atoms with van der Waals surface area (Å²) in [5, 5.41) is 6.36. The zero-order valence-corrected chi connectivity index (χ0v) is 19.1. The SMILES string of the molecule is COc1ccc(C2=NN(C(=O)CN3CCC(C(N)=O)CC3)C(c3ccc(OC)cc3)C2)cc1. The van der Waals surface area contributed by atoms with Crippen molar-refractivity contribution in [3.05, 3.63) is 59.7 Å². The number of hydrogen-bond acceptors (Lipinski definition) is 6. The summed E-state index contributed by atoms with van der Waals surface area (Å²) < 4.78 is 10.5. The number of piperidine rings is 1. The maximum absolute atomic E-state index is 13.4. The van der Waals surface area contributed by atoms with E-state index in [-0.39, 0.29) is 30.3 Å². The molecule has 2 aliphatic rings. The van der Waals surface area contributed by atoms with Crippen LogP contribution in [0.4, 0.5) is 0 Å². The highest BCUT2D eigenvalue weighted by Crippen LogP contribution is 2.34. The summed E-state index contributed by atoms with van der Waals surface area (Å²) in [6.07, 6.45) is 1.99. The first-order valence-electron chi connectivity index (χ1n) is 11.2. The molecule has 33 heavy (non-hydrogen) atoms. The first kappa shape index (κ1) is 22.8. The number of likely N-dealkylation sites (tertiary alicyclic amines) is 1. The highest BCUT2D eigenvalue weighted by Gasteiger charge is 2.34. The molecule has 4 rings (SSSR count). The zero-order valence-electron chi connectivity index (χ0n) is 19.1. The van der Waals surface area contributed by atoms with Crippen LogP contribution >= 0.6 is 0 Å². The Morgan fingerprint density at radius 1 is 0.970 bits per heavy atom. The summed E-state index contributed by atoms with van der Waals surface area (Å²) in [5.41, 5.74) is 8.27. The number of nitrogens with two attached hydrogens (primary N) is 1. The Hall–Kier alpha value is -3.39. The molecule has 1 fully saturated rings. The molecule has 8 nitrogen and oxygen atoms in total. The van der Waals surface area contributed by atoms with Crippen molar-refractivity contribution in [3.63, 3.8) is 0 Å². The third kappa shape index (κ3) is 5.17. The van der Waals surface area contributed by atoms with Crippen LogP contribution in [-0.4, -0.2) is 61.3 Å². The first-order chi connectivity index (χ1) is 16.0. The molecule has 1 atom stereocenters. The fraction of sp³-hybridized carbons (Fsp3) is 0.400. The molecule has 0 aliphatic carbocycles. The quantitative estimate of drug-likeness (QED) is 0.699. The average molecular weight is 451 g/mol. The molecule has 2 heterocycles. The summed E-state index contributed by atoms with van der Waals surface area (Å²) in [4.78, 5) is 26.9. The van der Waals surface area contributed by atoms with E-state index < -0.39 is 0 Å². The largest absolute Gasteiger partial charge is 0.497 e. The van der Waals surface area contributed by atoms with Gasteiger partial charge in [-0.3, -0.25) is 14.5 Å². The highest BCUT2D eigenvalue weighted by molar-refractivity contribution is 6.03. The van der Waals surface area contributed by atoms with E-state index in [0.29, 0.717) is 32.4 Å². The molecule has 0 spiro atoms. The number of hydrazone groups is 1. The average Bonchev–Trinajstić information content (AvgIpc) is 3.30. The molecule has 0 aromatic heterocycles. The number of primary amides is 1. The van der Waals surface area contributed by atoms with Crippen molar-refractivity contribution in [2.45, 2.75) is 25.3 Å². The van der Waals surface area contributed by atoms with Gasteiger partial charge in [-0.2, -0.15) is 5.10 Å². The standard InChI is InChI=1S/C25H30N4O4/c1-32-20-7-3-17(4-8-20)22-15-23(18-5-9-21(33-2)10-6-18)29(27-22)24(30)16-28-13-11-19(12-14-28)25(26)31/h3-10,19,23H,11-16H2,1-2H3,(H2,26,31). The van der Waals surface area contributed by atoms with Crippen molar-refractivity contribution in [2.75, 3.05) is 33.9 Å². The molecule has 2 aromatic carbocycles. The number of ether oxygens (including phenoxy) is 2. The lowest BCUT2D eigenvalue weighted by Gasteiger charge is -2.31. The van der Waals surface area contributed by atoms with Crippen molar-refractivity contribution in [3.8, 4) is 11.5 Å². The van der Waals surface area contributed by atoms with Crippen molar-refractivity contribution in [1.82, 2.24) is 9.91 Å². The van der Waals surface area contributed by atoms with Crippen molar-refractivity contribution in [1.29, 1.82) is 0 Å². The fourth-order valence-corrected chi connectivity index (χ4v) is 4.42. The number of amides is 2. The molecule has 8 heteroatoms. The van der Waals surface area contributed by atoms with Crippen molar-refractivity contribution < 1.29 is 19.1 Å². The number of nitrogens with zero attached hydrogens (tertiary/aromatic N) is 3. The van der Waals surface area contributed by atoms with Crippen LogP contribution in [0.3, 0.4) is 0 Å². The maximum atomic E-state index is 13.4. The second kappa shape index (κ2) is 10.0. The lowest BCUT2D eigenvalue weighted by atomic mass is 9.96. The lowest BCUT2D eigenvalue weighted by Crippen LogP contribution is -2.43.